The molecule has 3 heterocycles. The third-order valence-electron chi connectivity index (χ3n) is 18.4. The van der Waals surface area contributed by atoms with E-state index in [0.717, 1.165) is 35.5 Å². The molecule has 5 fully saturated rings. The highest BCUT2D eigenvalue weighted by molar-refractivity contribution is 6.72. The Hall–Kier alpha value is -1.48. The van der Waals surface area contributed by atoms with Crippen molar-refractivity contribution in [3.05, 3.63) is 58.0 Å². The van der Waals surface area contributed by atoms with Crippen molar-refractivity contribution in [3.8, 4) is 0 Å². The summed E-state index contributed by atoms with van der Waals surface area (Å²) in [5.74, 6) is 4.73. The minimum Gasteiger partial charge on any atom is -0.319 e. The SMILES string of the molecule is CC(C)(C)C1=CCC2B3C4=C(CC(C5CCCCC5)CC4N4C5C3CC(C(C)(C)C)CC5C3(CCCCC3)C4(C)C)N(C3=CCCC(C(C)(C)C)=C3)C2=C1. The van der Waals surface area contributed by atoms with E-state index < -0.39 is 0 Å². The molecule has 7 unspecified atom stereocenters. The van der Waals surface area contributed by atoms with Crippen LogP contribution in [0, 0.1) is 45.3 Å². The molecule has 54 heavy (non-hydrogen) atoms. The second-order valence-electron chi connectivity index (χ2n) is 24.3. The summed E-state index contributed by atoms with van der Waals surface area (Å²) in [6.07, 6.45) is 34.8. The Morgan fingerprint density at radius 1 is 0.759 bits per heavy atom. The van der Waals surface area contributed by atoms with Crippen LogP contribution in [-0.2, 0) is 0 Å². The van der Waals surface area contributed by atoms with Crippen LogP contribution in [0.4, 0.5) is 0 Å². The van der Waals surface area contributed by atoms with Gasteiger partial charge in [-0.05, 0) is 140 Å². The maximum atomic E-state index is 3.38. The lowest BCUT2D eigenvalue weighted by atomic mass is 9.21. The lowest BCUT2D eigenvalue weighted by Gasteiger charge is -2.63. The monoisotopic (exact) mass is 731 g/mol. The quantitative estimate of drug-likeness (QED) is 0.261. The molecule has 0 bridgehead atoms. The van der Waals surface area contributed by atoms with Gasteiger partial charge >= 0.3 is 0 Å². The van der Waals surface area contributed by atoms with E-state index >= 15 is 0 Å². The molecular weight excluding hydrogens is 651 g/mol. The molecule has 3 aliphatic heterocycles. The van der Waals surface area contributed by atoms with E-state index in [1.807, 2.05) is 5.47 Å². The number of allylic oxidation sites excluding steroid dienone is 8. The Labute approximate surface area is 333 Å². The molecule has 296 valence electrons. The summed E-state index contributed by atoms with van der Waals surface area (Å²) in [5.41, 5.74) is 11.6. The van der Waals surface area contributed by atoms with Gasteiger partial charge in [0.25, 0.3) is 0 Å². The highest BCUT2D eigenvalue weighted by Gasteiger charge is 2.72. The highest BCUT2D eigenvalue weighted by atomic mass is 15.3. The molecule has 6 aliphatic carbocycles. The standard InChI is InChI=1S/C51H79BN2/c1-47(2,3)35-21-18-22-38(29-35)53-42-32-36(48(4,5)6)23-24-40(42)52-41-31-37(49(7,8)9)30-39-46(41)54(50(10,11)51(39)25-16-13-17-26-51)44-28-34(27-43(53)45(44)52)33-19-14-12-15-20-33/h22-23,29,32-34,37,39-41,44,46H,12-21,24-28,30-31H2,1-11H3. The number of fused-ring (bicyclic) bond motifs is 5. The largest absolute Gasteiger partial charge is 0.319 e. The van der Waals surface area contributed by atoms with Crippen LogP contribution in [-0.4, -0.2) is 34.1 Å². The van der Waals surface area contributed by atoms with Crippen molar-refractivity contribution in [1.29, 1.82) is 0 Å². The summed E-state index contributed by atoms with van der Waals surface area (Å²) in [6.45, 7) is 28.9. The molecule has 0 aromatic carbocycles. The second kappa shape index (κ2) is 13.0. The maximum absolute atomic E-state index is 3.38. The van der Waals surface area contributed by atoms with Crippen LogP contribution in [0.2, 0.25) is 11.6 Å². The zero-order valence-electron chi connectivity index (χ0n) is 36.9. The molecular formula is C51H79BN2. The topological polar surface area (TPSA) is 6.48 Å². The molecule has 7 atom stereocenters. The smallest absolute Gasteiger partial charge is 0.189 e. The van der Waals surface area contributed by atoms with Crippen molar-refractivity contribution in [2.45, 2.75) is 215 Å². The summed E-state index contributed by atoms with van der Waals surface area (Å²) in [5, 5.41) is 0. The molecule has 9 aliphatic rings. The van der Waals surface area contributed by atoms with Gasteiger partial charge in [0, 0.05) is 34.7 Å². The third-order valence-corrected chi connectivity index (χ3v) is 18.4. The van der Waals surface area contributed by atoms with Crippen molar-refractivity contribution in [2.24, 2.45) is 45.3 Å². The Kier molecular flexibility index (Phi) is 9.18. The predicted octanol–water partition coefficient (Wildman–Crippen LogP) is 14.1. The van der Waals surface area contributed by atoms with Gasteiger partial charge in [0.1, 0.15) is 0 Å². The van der Waals surface area contributed by atoms with E-state index in [1.54, 1.807) is 22.5 Å². The first kappa shape index (κ1) is 38.1. The van der Waals surface area contributed by atoms with Gasteiger partial charge in [0.15, 0.2) is 6.71 Å². The van der Waals surface area contributed by atoms with Gasteiger partial charge in [-0.15, -0.1) is 0 Å². The predicted molar refractivity (Wildman–Crippen MR) is 231 cm³/mol. The van der Waals surface area contributed by atoms with Gasteiger partial charge in [-0.3, -0.25) is 4.90 Å². The molecule has 3 heteroatoms. The van der Waals surface area contributed by atoms with E-state index in [9.17, 15) is 0 Å². The van der Waals surface area contributed by atoms with Crippen LogP contribution in [0.1, 0.15) is 185 Å². The van der Waals surface area contributed by atoms with Crippen LogP contribution < -0.4 is 0 Å². The van der Waals surface area contributed by atoms with Crippen LogP contribution >= 0.6 is 0 Å². The molecule has 1 spiro atoms. The van der Waals surface area contributed by atoms with Gasteiger partial charge in [0.05, 0.1) is 0 Å². The molecule has 2 nitrogen and oxygen atoms in total. The normalized spacial score (nSPS) is 36.9. The Morgan fingerprint density at radius 3 is 2.13 bits per heavy atom. The zero-order valence-corrected chi connectivity index (χ0v) is 36.9. The molecule has 0 amide bonds. The molecule has 2 saturated heterocycles. The molecule has 0 aromatic rings. The summed E-state index contributed by atoms with van der Waals surface area (Å²) in [6, 6.07) is 1.37. The summed E-state index contributed by atoms with van der Waals surface area (Å²) in [7, 11) is 0. The third kappa shape index (κ3) is 5.77. The number of hydrogen-bond donors (Lipinski definition) is 0. The Balaban J connectivity index is 1.29. The molecule has 0 N–H and O–H groups in total. The van der Waals surface area contributed by atoms with E-state index in [-0.39, 0.29) is 16.4 Å². The van der Waals surface area contributed by atoms with Gasteiger partial charge in [0.2, 0.25) is 0 Å². The van der Waals surface area contributed by atoms with Crippen molar-refractivity contribution >= 4 is 6.71 Å². The first-order valence-corrected chi connectivity index (χ1v) is 23.6. The number of hydrogen-bond acceptors (Lipinski definition) is 2. The summed E-state index contributed by atoms with van der Waals surface area (Å²) in [4.78, 5) is 6.38. The van der Waals surface area contributed by atoms with Gasteiger partial charge < -0.3 is 4.90 Å². The van der Waals surface area contributed by atoms with Gasteiger partial charge in [-0.2, -0.15) is 0 Å². The minimum absolute atomic E-state index is 0.158. The number of nitrogens with zero attached hydrogens (tertiary/aromatic N) is 2. The summed E-state index contributed by atoms with van der Waals surface area (Å²) < 4.78 is 0. The fraction of sp³-hybridized carbons (Fsp3) is 0.804. The molecule has 0 aromatic heterocycles. The second-order valence-corrected chi connectivity index (χ2v) is 24.3. The average molecular weight is 731 g/mol. The van der Waals surface area contributed by atoms with Crippen molar-refractivity contribution in [2.75, 3.05) is 0 Å². The maximum Gasteiger partial charge on any atom is 0.189 e. The minimum atomic E-state index is 0.158. The first-order valence-electron chi connectivity index (χ1n) is 23.6. The Morgan fingerprint density at radius 2 is 1.46 bits per heavy atom. The van der Waals surface area contributed by atoms with Gasteiger partial charge in [-0.25, -0.2) is 0 Å². The fourth-order valence-electron chi connectivity index (χ4n) is 15.5. The zero-order chi connectivity index (χ0) is 38.2. The van der Waals surface area contributed by atoms with Gasteiger partial charge in [-0.1, -0.05) is 143 Å². The highest BCUT2D eigenvalue weighted by Crippen LogP contribution is 2.72. The van der Waals surface area contributed by atoms with Crippen molar-refractivity contribution < 1.29 is 0 Å². The average Bonchev–Trinajstić information content (AvgIpc) is 3.31. The van der Waals surface area contributed by atoms with E-state index in [0.29, 0.717) is 29.4 Å². The van der Waals surface area contributed by atoms with Crippen LogP contribution in [0.3, 0.4) is 0 Å². The first-order chi connectivity index (χ1) is 25.4. The molecule has 3 saturated carbocycles. The summed E-state index contributed by atoms with van der Waals surface area (Å²) >= 11 is 0. The van der Waals surface area contributed by atoms with Crippen molar-refractivity contribution in [1.82, 2.24) is 9.80 Å². The molecule has 9 rings (SSSR count). The van der Waals surface area contributed by atoms with E-state index in [2.05, 4.69) is 110 Å². The van der Waals surface area contributed by atoms with Crippen LogP contribution in [0.5, 0.6) is 0 Å². The fourth-order valence-corrected chi connectivity index (χ4v) is 15.5. The van der Waals surface area contributed by atoms with E-state index in [4.69, 9.17) is 0 Å². The lowest BCUT2D eigenvalue weighted by Crippen LogP contribution is -2.66. The van der Waals surface area contributed by atoms with Crippen LogP contribution in [0.25, 0.3) is 0 Å². The Bertz CT molecular complexity index is 1650. The lowest BCUT2D eigenvalue weighted by molar-refractivity contribution is -0.0112. The molecule has 0 radical (unpaired) electrons. The van der Waals surface area contributed by atoms with Crippen molar-refractivity contribution in [3.63, 3.8) is 0 Å². The van der Waals surface area contributed by atoms with E-state index in [1.165, 1.54) is 115 Å². The number of rotatable bonds is 2. The van der Waals surface area contributed by atoms with Crippen LogP contribution in [0.15, 0.2) is 58.0 Å².